The summed E-state index contributed by atoms with van der Waals surface area (Å²) >= 11 is 0. The van der Waals surface area contributed by atoms with Gasteiger partial charge in [0.1, 0.15) is 0 Å². The molecule has 0 N–H and O–H groups in total. The van der Waals surface area contributed by atoms with Crippen LogP contribution in [0, 0.1) is 5.41 Å². The van der Waals surface area contributed by atoms with Crippen molar-refractivity contribution in [1.82, 2.24) is 0 Å². The highest BCUT2D eigenvalue weighted by atomic mass is 16.7. The summed E-state index contributed by atoms with van der Waals surface area (Å²) in [5, 5.41) is 0. The molecular weight excluding hydrogens is 152 g/mol. The van der Waals surface area contributed by atoms with E-state index >= 15 is 0 Å². The molecule has 0 aromatic carbocycles. The average Bonchev–Trinajstić information content (AvgIpc) is 2.01. The van der Waals surface area contributed by atoms with Crippen LogP contribution in [0.25, 0.3) is 0 Å². The van der Waals surface area contributed by atoms with Gasteiger partial charge in [-0.15, -0.1) is 0 Å². The van der Waals surface area contributed by atoms with Crippen molar-refractivity contribution in [1.29, 1.82) is 0 Å². The van der Waals surface area contributed by atoms with E-state index in [0.717, 1.165) is 13.2 Å². The summed E-state index contributed by atoms with van der Waals surface area (Å²) in [5.41, 5.74) is 0.190. The summed E-state index contributed by atoms with van der Waals surface area (Å²) < 4.78 is 10.9. The number of hydrogen-bond donors (Lipinski definition) is 0. The Hall–Kier alpha value is -0.0800. The fraction of sp³-hybridized carbons (Fsp3) is 1.00. The Morgan fingerprint density at radius 2 is 1.17 bits per heavy atom. The van der Waals surface area contributed by atoms with Crippen LogP contribution in [0.15, 0.2) is 0 Å². The van der Waals surface area contributed by atoms with E-state index < -0.39 is 0 Å². The molecule has 1 saturated heterocycles. The quantitative estimate of drug-likeness (QED) is 0.562. The molecule has 1 fully saturated rings. The highest BCUT2D eigenvalue weighted by molar-refractivity contribution is 4.74. The van der Waals surface area contributed by atoms with Gasteiger partial charge in [0.25, 0.3) is 0 Å². The molecule has 12 heavy (non-hydrogen) atoms. The van der Waals surface area contributed by atoms with Crippen molar-refractivity contribution in [2.24, 2.45) is 5.41 Å². The van der Waals surface area contributed by atoms with Crippen molar-refractivity contribution in [3.05, 3.63) is 0 Å². The summed E-state index contributed by atoms with van der Waals surface area (Å²) in [7, 11) is 0. The van der Waals surface area contributed by atoms with E-state index in [4.69, 9.17) is 9.47 Å². The van der Waals surface area contributed by atoms with Gasteiger partial charge < -0.3 is 9.47 Å². The molecule has 1 rings (SSSR count). The van der Waals surface area contributed by atoms with Gasteiger partial charge in [0.15, 0.2) is 5.79 Å². The van der Waals surface area contributed by atoms with Crippen molar-refractivity contribution in [3.8, 4) is 0 Å². The van der Waals surface area contributed by atoms with Crippen LogP contribution in [-0.2, 0) is 9.47 Å². The molecule has 0 amide bonds. The molecule has 1 heterocycles. The maximum atomic E-state index is 5.46. The monoisotopic (exact) mass is 174 g/mol. The van der Waals surface area contributed by atoms with Gasteiger partial charge >= 0.3 is 0 Å². The predicted octanol–water partition coefficient (Wildman–Crippen LogP) is 2.82. The van der Waals surface area contributed by atoms with Crippen LogP contribution >= 0.6 is 0 Å². The zero-order valence-corrected chi connectivity index (χ0v) is 9.23. The van der Waals surface area contributed by atoms with Gasteiger partial charge in [-0.25, -0.2) is 0 Å². The summed E-state index contributed by atoms with van der Waals surface area (Å²) in [5.74, 6) is -0.366. The minimum atomic E-state index is -0.366. The van der Waals surface area contributed by atoms with Gasteiger partial charge in [-0.1, -0.05) is 27.7 Å². The highest BCUT2D eigenvalue weighted by Gasteiger charge is 2.32. The first-order valence-corrected chi connectivity index (χ1v) is 4.69. The molecule has 0 aliphatic carbocycles. The Kier molecular flexibility index (Phi) is 4.21. The smallest absolute Gasteiger partial charge is 0.162 e. The molecule has 74 valence electrons. The molecule has 2 heteroatoms. The largest absolute Gasteiger partial charge is 0.350 e. The number of rotatable bonds is 0. The molecule has 0 unspecified atom stereocenters. The standard InChI is InChI=1S/C8H16O2.C2H6/c1-7(2)5-9-8(3,4)10-6-7;1-2/h5-6H2,1-4H3;1-2H3. The van der Waals surface area contributed by atoms with Crippen molar-refractivity contribution in [2.75, 3.05) is 13.2 Å². The van der Waals surface area contributed by atoms with Crippen LogP contribution in [0.1, 0.15) is 41.5 Å². The minimum Gasteiger partial charge on any atom is -0.350 e. The maximum absolute atomic E-state index is 5.46. The first-order chi connectivity index (χ1) is 5.41. The fourth-order valence-electron chi connectivity index (χ4n) is 0.822. The Balaban J connectivity index is 0.000000561. The van der Waals surface area contributed by atoms with Crippen LogP contribution in [0.3, 0.4) is 0 Å². The van der Waals surface area contributed by atoms with E-state index in [1.165, 1.54) is 0 Å². The molecule has 2 nitrogen and oxygen atoms in total. The second kappa shape index (κ2) is 4.24. The van der Waals surface area contributed by atoms with Crippen LogP contribution in [0.5, 0.6) is 0 Å². The summed E-state index contributed by atoms with van der Waals surface area (Å²) in [6.07, 6.45) is 0. The molecule has 0 aromatic heterocycles. The van der Waals surface area contributed by atoms with E-state index in [1.54, 1.807) is 0 Å². The molecule has 1 aliphatic heterocycles. The van der Waals surface area contributed by atoms with Gasteiger partial charge in [-0.05, 0) is 13.8 Å². The zero-order chi connectivity index (χ0) is 9.83. The van der Waals surface area contributed by atoms with E-state index in [1.807, 2.05) is 27.7 Å². The highest BCUT2D eigenvalue weighted by Crippen LogP contribution is 2.28. The summed E-state index contributed by atoms with van der Waals surface area (Å²) in [6.45, 7) is 13.8. The van der Waals surface area contributed by atoms with E-state index in [-0.39, 0.29) is 11.2 Å². The van der Waals surface area contributed by atoms with E-state index in [9.17, 15) is 0 Å². The Morgan fingerprint density at radius 1 is 0.833 bits per heavy atom. The zero-order valence-electron chi connectivity index (χ0n) is 9.23. The molecule has 0 saturated carbocycles. The summed E-state index contributed by atoms with van der Waals surface area (Å²) in [6, 6.07) is 0. The lowest BCUT2D eigenvalue weighted by Gasteiger charge is -2.39. The molecule has 0 spiro atoms. The van der Waals surface area contributed by atoms with Crippen LogP contribution < -0.4 is 0 Å². The molecule has 0 radical (unpaired) electrons. The third-order valence-electron chi connectivity index (χ3n) is 1.62. The minimum absolute atomic E-state index is 0.190. The average molecular weight is 174 g/mol. The van der Waals surface area contributed by atoms with Crippen LogP contribution in [-0.4, -0.2) is 19.0 Å². The molecule has 1 aliphatic rings. The maximum Gasteiger partial charge on any atom is 0.162 e. The Morgan fingerprint density at radius 3 is 1.42 bits per heavy atom. The van der Waals surface area contributed by atoms with Crippen molar-refractivity contribution in [3.63, 3.8) is 0 Å². The lowest BCUT2D eigenvalue weighted by atomic mass is 9.95. The van der Waals surface area contributed by atoms with Gasteiger partial charge in [-0.2, -0.15) is 0 Å². The van der Waals surface area contributed by atoms with E-state index in [2.05, 4.69) is 13.8 Å². The van der Waals surface area contributed by atoms with Crippen LogP contribution in [0.2, 0.25) is 0 Å². The van der Waals surface area contributed by atoms with Gasteiger partial charge in [-0.3, -0.25) is 0 Å². The second-order valence-corrected chi connectivity index (χ2v) is 4.14. The van der Waals surface area contributed by atoms with Gasteiger partial charge in [0.05, 0.1) is 13.2 Å². The van der Waals surface area contributed by atoms with Crippen molar-refractivity contribution >= 4 is 0 Å². The van der Waals surface area contributed by atoms with Crippen LogP contribution in [0.4, 0.5) is 0 Å². The van der Waals surface area contributed by atoms with Crippen molar-refractivity contribution < 1.29 is 9.47 Å². The van der Waals surface area contributed by atoms with E-state index in [0.29, 0.717) is 0 Å². The summed E-state index contributed by atoms with van der Waals surface area (Å²) in [4.78, 5) is 0. The SMILES string of the molecule is CC.CC1(C)COC(C)(C)OC1. The Bertz CT molecular complexity index is 99.8. The topological polar surface area (TPSA) is 18.5 Å². The lowest BCUT2D eigenvalue weighted by molar-refractivity contribution is -0.279. The second-order valence-electron chi connectivity index (χ2n) is 4.14. The molecule has 0 aromatic rings. The molecular formula is C10H22O2. The third kappa shape index (κ3) is 4.07. The normalized spacial score (nSPS) is 25.5. The lowest BCUT2D eigenvalue weighted by Crippen LogP contribution is -2.43. The molecule has 0 bridgehead atoms. The third-order valence-corrected chi connectivity index (χ3v) is 1.62. The molecule has 0 atom stereocenters. The first kappa shape index (κ1) is 11.9. The van der Waals surface area contributed by atoms with Gasteiger partial charge in [0, 0.05) is 5.41 Å². The van der Waals surface area contributed by atoms with Gasteiger partial charge in [0.2, 0.25) is 0 Å². The number of ether oxygens (including phenoxy) is 2. The van der Waals surface area contributed by atoms with Crippen molar-refractivity contribution in [2.45, 2.75) is 47.3 Å². The first-order valence-electron chi connectivity index (χ1n) is 4.69. The fourth-order valence-corrected chi connectivity index (χ4v) is 0.822. The predicted molar refractivity (Wildman–Crippen MR) is 51.1 cm³/mol. The Labute approximate surface area is 76.3 Å². The number of hydrogen-bond acceptors (Lipinski definition) is 2.